The Kier molecular flexibility index (Phi) is 5.56. The minimum atomic E-state index is -4.71. The van der Waals surface area contributed by atoms with Gasteiger partial charge in [0.05, 0.1) is 10.5 Å². The summed E-state index contributed by atoms with van der Waals surface area (Å²) in [5.41, 5.74) is 0.798. The van der Waals surface area contributed by atoms with Gasteiger partial charge in [0.25, 0.3) is 5.91 Å². The first-order valence-corrected chi connectivity index (χ1v) is 9.72. The van der Waals surface area contributed by atoms with Gasteiger partial charge in [0, 0.05) is 24.7 Å². The lowest BCUT2D eigenvalue weighted by Gasteiger charge is -2.29. The quantitative estimate of drug-likeness (QED) is 0.389. The first-order chi connectivity index (χ1) is 15.2. The van der Waals surface area contributed by atoms with Crippen molar-refractivity contribution in [3.8, 4) is 11.5 Å². The Morgan fingerprint density at radius 3 is 2.34 bits per heavy atom. The van der Waals surface area contributed by atoms with Crippen LogP contribution in [0.4, 0.5) is 18.9 Å². The maximum atomic E-state index is 12.8. The van der Waals surface area contributed by atoms with Crippen LogP contribution in [0.5, 0.6) is 11.5 Å². The molecule has 0 N–H and O–H groups in total. The zero-order valence-electron chi connectivity index (χ0n) is 16.6. The molecule has 0 saturated heterocycles. The number of hydrogen-bond acceptors (Lipinski definition) is 4. The van der Waals surface area contributed by atoms with E-state index in [0.29, 0.717) is 30.8 Å². The third-order valence-corrected chi connectivity index (χ3v) is 5.23. The van der Waals surface area contributed by atoms with Gasteiger partial charge >= 0.3 is 11.9 Å². The van der Waals surface area contributed by atoms with Gasteiger partial charge in [-0.2, -0.15) is 13.2 Å². The lowest BCUT2D eigenvalue weighted by molar-refractivity contribution is -0.385. The fourth-order valence-corrected chi connectivity index (χ4v) is 3.57. The minimum absolute atomic E-state index is 0.161. The lowest BCUT2D eigenvalue weighted by Crippen LogP contribution is -2.35. The fourth-order valence-electron chi connectivity index (χ4n) is 3.57. The zero-order chi connectivity index (χ0) is 22.9. The van der Waals surface area contributed by atoms with Crippen LogP contribution in [0.15, 0.2) is 66.7 Å². The predicted octanol–water partition coefficient (Wildman–Crippen LogP) is 5.60. The monoisotopic (exact) mass is 442 g/mol. The highest BCUT2D eigenvalue weighted by molar-refractivity contribution is 5.94. The van der Waals surface area contributed by atoms with E-state index in [1.807, 2.05) is 24.3 Å². The first-order valence-electron chi connectivity index (χ1n) is 9.72. The van der Waals surface area contributed by atoms with Crippen molar-refractivity contribution < 1.29 is 27.6 Å². The van der Waals surface area contributed by atoms with Crippen molar-refractivity contribution in [1.82, 2.24) is 4.90 Å². The van der Waals surface area contributed by atoms with Crippen LogP contribution >= 0.6 is 0 Å². The lowest BCUT2D eigenvalue weighted by atomic mass is 9.99. The molecule has 0 radical (unpaired) electrons. The topological polar surface area (TPSA) is 72.7 Å². The van der Waals surface area contributed by atoms with Crippen LogP contribution in [-0.4, -0.2) is 22.3 Å². The van der Waals surface area contributed by atoms with Crippen LogP contribution in [0, 0.1) is 10.1 Å². The second-order valence-electron chi connectivity index (χ2n) is 7.31. The molecule has 0 bridgehead atoms. The molecule has 0 aliphatic carbocycles. The maximum Gasteiger partial charge on any atom is 0.416 e. The number of alkyl halides is 3. The molecule has 32 heavy (non-hydrogen) atoms. The molecule has 0 fully saturated rings. The summed E-state index contributed by atoms with van der Waals surface area (Å²) in [6.07, 6.45) is -3.94. The summed E-state index contributed by atoms with van der Waals surface area (Å²) in [4.78, 5) is 24.8. The van der Waals surface area contributed by atoms with Crippen molar-refractivity contribution in [2.45, 2.75) is 19.1 Å². The molecule has 1 amide bonds. The summed E-state index contributed by atoms with van der Waals surface area (Å²) in [5, 5.41) is 11.2. The van der Waals surface area contributed by atoms with Crippen LogP contribution in [0.3, 0.4) is 0 Å². The van der Waals surface area contributed by atoms with E-state index in [4.69, 9.17) is 4.74 Å². The normalized spacial score (nSPS) is 13.4. The molecular weight excluding hydrogens is 425 g/mol. The van der Waals surface area contributed by atoms with Gasteiger partial charge in [0.2, 0.25) is 5.75 Å². The average Bonchev–Trinajstić information content (AvgIpc) is 2.78. The molecule has 0 spiro atoms. The summed E-state index contributed by atoms with van der Waals surface area (Å²) in [6.45, 7) is 1.09. The molecule has 4 rings (SSSR count). The number of nitro benzene ring substituents is 1. The number of nitrogens with zero attached hydrogens (tertiary/aromatic N) is 2. The average molecular weight is 442 g/mol. The van der Waals surface area contributed by atoms with Gasteiger partial charge in [0.15, 0.2) is 0 Å². The number of rotatable bonds is 4. The van der Waals surface area contributed by atoms with E-state index in [1.54, 1.807) is 4.90 Å². The number of fused-ring (bicyclic) bond motifs is 1. The summed E-state index contributed by atoms with van der Waals surface area (Å²) >= 11 is 0. The molecule has 1 aliphatic rings. The molecule has 0 aromatic heterocycles. The smallest absolute Gasteiger partial charge is 0.416 e. The number of ether oxygens (including phenoxy) is 1. The molecule has 3 aromatic rings. The highest BCUT2D eigenvalue weighted by Crippen LogP contribution is 2.37. The second kappa shape index (κ2) is 8.33. The third-order valence-electron chi connectivity index (χ3n) is 5.23. The van der Waals surface area contributed by atoms with Gasteiger partial charge in [-0.25, -0.2) is 0 Å². The molecule has 1 aliphatic heterocycles. The molecule has 9 heteroatoms. The number of carbonyl (C=O) groups is 1. The Morgan fingerprint density at radius 1 is 1.00 bits per heavy atom. The summed E-state index contributed by atoms with van der Waals surface area (Å²) in [7, 11) is 0. The van der Waals surface area contributed by atoms with Gasteiger partial charge < -0.3 is 9.64 Å². The number of benzene rings is 3. The Bertz CT molecular complexity index is 1180. The van der Waals surface area contributed by atoms with E-state index in [1.165, 1.54) is 29.8 Å². The van der Waals surface area contributed by atoms with Crippen molar-refractivity contribution in [3.63, 3.8) is 0 Å². The van der Waals surface area contributed by atoms with Gasteiger partial charge in [-0.15, -0.1) is 0 Å². The second-order valence-corrected chi connectivity index (χ2v) is 7.31. The van der Waals surface area contributed by atoms with Crippen molar-refractivity contribution in [2.24, 2.45) is 0 Å². The van der Waals surface area contributed by atoms with Crippen molar-refractivity contribution in [3.05, 3.63) is 99.1 Å². The SMILES string of the molecule is O=C(c1ccc(Oc2ccc(C(F)(F)F)cc2[N+](=O)[O-])cc1)N1CCc2ccccc2C1. The van der Waals surface area contributed by atoms with E-state index < -0.39 is 22.4 Å². The summed E-state index contributed by atoms with van der Waals surface area (Å²) in [5.74, 6) is -0.324. The highest BCUT2D eigenvalue weighted by atomic mass is 19.4. The number of amides is 1. The molecule has 0 saturated carbocycles. The van der Waals surface area contributed by atoms with Crippen LogP contribution < -0.4 is 4.74 Å². The van der Waals surface area contributed by atoms with E-state index in [9.17, 15) is 28.1 Å². The highest BCUT2D eigenvalue weighted by Gasteiger charge is 2.33. The number of carbonyl (C=O) groups excluding carboxylic acids is 1. The van der Waals surface area contributed by atoms with Crippen molar-refractivity contribution >= 4 is 11.6 Å². The van der Waals surface area contributed by atoms with Crippen molar-refractivity contribution in [1.29, 1.82) is 0 Å². The number of nitro groups is 1. The molecule has 0 unspecified atom stereocenters. The van der Waals surface area contributed by atoms with Gasteiger partial charge in [0.1, 0.15) is 5.75 Å². The van der Waals surface area contributed by atoms with Gasteiger partial charge in [-0.1, -0.05) is 24.3 Å². The molecule has 3 aromatic carbocycles. The van der Waals surface area contributed by atoms with Gasteiger partial charge in [-0.3, -0.25) is 14.9 Å². The van der Waals surface area contributed by atoms with Crippen LogP contribution in [0.2, 0.25) is 0 Å². The molecule has 0 atom stereocenters. The van der Waals surface area contributed by atoms with E-state index in [2.05, 4.69) is 0 Å². The van der Waals surface area contributed by atoms with E-state index in [0.717, 1.165) is 18.1 Å². The molecule has 164 valence electrons. The van der Waals surface area contributed by atoms with E-state index in [-0.39, 0.29) is 17.4 Å². The number of hydrogen-bond donors (Lipinski definition) is 0. The largest absolute Gasteiger partial charge is 0.450 e. The van der Waals surface area contributed by atoms with Crippen LogP contribution in [0.1, 0.15) is 27.0 Å². The zero-order valence-corrected chi connectivity index (χ0v) is 16.6. The maximum absolute atomic E-state index is 12.8. The molecule has 6 nitrogen and oxygen atoms in total. The van der Waals surface area contributed by atoms with Gasteiger partial charge in [-0.05, 0) is 53.9 Å². The Labute approximate surface area is 181 Å². The van der Waals surface area contributed by atoms with E-state index >= 15 is 0 Å². The number of halogens is 3. The summed E-state index contributed by atoms with van der Waals surface area (Å²) < 4.78 is 44.0. The van der Waals surface area contributed by atoms with Crippen molar-refractivity contribution in [2.75, 3.05) is 6.54 Å². The Hall–Kier alpha value is -3.88. The summed E-state index contributed by atoms with van der Waals surface area (Å²) in [6, 6.07) is 15.9. The standard InChI is InChI=1S/C23H17F3N2O4/c24-23(25,26)18-7-10-21(20(13-18)28(30)31)32-19-8-5-16(6-9-19)22(29)27-12-11-15-3-1-2-4-17(15)14-27/h1-10,13H,11-12,14H2. The Morgan fingerprint density at radius 2 is 1.69 bits per heavy atom. The Balaban J connectivity index is 1.50. The fraction of sp³-hybridized carbons (Fsp3) is 0.174. The predicted molar refractivity (Wildman–Crippen MR) is 110 cm³/mol. The first kappa shape index (κ1) is 21.4. The third kappa shape index (κ3) is 4.41. The molecule has 1 heterocycles. The van der Waals surface area contributed by atoms with Crippen LogP contribution in [-0.2, 0) is 19.1 Å². The molecular formula is C23H17F3N2O4. The van der Waals surface area contributed by atoms with Crippen LogP contribution in [0.25, 0.3) is 0 Å². The minimum Gasteiger partial charge on any atom is -0.450 e.